The number of fused-ring (bicyclic) bond motifs is 4. The maximum atomic E-state index is 12.7. The number of benzene rings is 1. The molecule has 5 aromatic rings. The van der Waals surface area contributed by atoms with Gasteiger partial charge in [0.25, 0.3) is 0 Å². The molecule has 170 valence electrons. The second-order valence-corrected chi connectivity index (χ2v) is 7.98. The molecule has 0 saturated carbocycles. The SMILES string of the molecule is CCOC(=O)c1cnn2c3c(c(-c4c[nH]c5ncccc45)nc12)OCCN3Cc1ccccc1. The summed E-state index contributed by atoms with van der Waals surface area (Å²) in [5.74, 6) is 0.921. The molecule has 34 heavy (non-hydrogen) atoms. The van der Waals surface area contributed by atoms with Crippen LogP contribution in [0.3, 0.4) is 0 Å². The van der Waals surface area contributed by atoms with E-state index < -0.39 is 5.97 Å². The van der Waals surface area contributed by atoms with Crippen molar-refractivity contribution in [3.8, 4) is 17.0 Å². The quantitative estimate of drug-likeness (QED) is 0.403. The molecule has 1 aliphatic heterocycles. The maximum absolute atomic E-state index is 12.7. The molecule has 5 heterocycles. The van der Waals surface area contributed by atoms with Crippen LogP contribution in [0.1, 0.15) is 22.8 Å². The van der Waals surface area contributed by atoms with Crippen molar-refractivity contribution >= 4 is 28.5 Å². The number of nitrogens with one attached hydrogen (secondary N) is 1. The summed E-state index contributed by atoms with van der Waals surface area (Å²) in [6, 6.07) is 14.1. The summed E-state index contributed by atoms with van der Waals surface area (Å²) < 4.78 is 13.2. The lowest BCUT2D eigenvalue weighted by Crippen LogP contribution is -2.34. The van der Waals surface area contributed by atoms with Gasteiger partial charge in [-0.15, -0.1) is 0 Å². The van der Waals surface area contributed by atoms with E-state index >= 15 is 0 Å². The highest BCUT2D eigenvalue weighted by atomic mass is 16.5. The summed E-state index contributed by atoms with van der Waals surface area (Å²) in [7, 11) is 0. The number of hydrogen-bond acceptors (Lipinski definition) is 7. The molecular weight excluding hydrogens is 432 g/mol. The number of esters is 1. The number of anilines is 1. The zero-order chi connectivity index (χ0) is 23.1. The lowest BCUT2D eigenvalue weighted by Gasteiger charge is -2.32. The van der Waals surface area contributed by atoms with E-state index in [-0.39, 0.29) is 6.61 Å². The Morgan fingerprint density at radius 1 is 1.21 bits per heavy atom. The molecule has 0 radical (unpaired) electrons. The fourth-order valence-electron chi connectivity index (χ4n) is 4.38. The molecule has 9 nitrogen and oxygen atoms in total. The minimum absolute atomic E-state index is 0.269. The second kappa shape index (κ2) is 8.18. The van der Waals surface area contributed by atoms with Gasteiger partial charge in [0.05, 0.1) is 19.3 Å². The Morgan fingerprint density at radius 2 is 2.09 bits per heavy atom. The van der Waals surface area contributed by atoms with Crippen LogP contribution in [-0.2, 0) is 11.3 Å². The Morgan fingerprint density at radius 3 is 2.94 bits per heavy atom. The summed E-state index contributed by atoms with van der Waals surface area (Å²) in [6.07, 6.45) is 5.12. The first kappa shape index (κ1) is 20.2. The highest BCUT2D eigenvalue weighted by Crippen LogP contribution is 2.42. The minimum Gasteiger partial charge on any atom is -0.486 e. The second-order valence-electron chi connectivity index (χ2n) is 7.98. The van der Waals surface area contributed by atoms with Crippen molar-refractivity contribution < 1.29 is 14.3 Å². The van der Waals surface area contributed by atoms with Crippen LogP contribution >= 0.6 is 0 Å². The van der Waals surface area contributed by atoms with Gasteiger partial charge >= 0.3 is 5.97 Å². The Labute approximate surface area is 195 Å². The van der Waals surface area contributed by atoms with Crippen LogP contribution in [0.15, 0.2) is 61.1 Å². The number of carbonyl (C=O) groups excluding carboxylic acids is 1. The number of aromatic nitrogens is 5. The first-order valence-electron chi connectivity index (χ1n) is 11.2. The largest absolute Gasteiger partial charge is 0.486 e. The van der Waals surface area contributed by atoms with E-state index in [1.165, 1.54) is 6.20 Å². The molecule has 0 fully saturated rings. The van der Waals surface area contributed by atoms with Crippen LogP contribution in [0.2, 0.25) is 0 Å². The molecule has 9 heteroatoms. The summed E-state index contributed by atoms with van der Waals surface area (Å²) in [5.41, 5.74) is 4.13. The normalized spacial score (nSPS) is 13.1. The van der Waals surface area contributed by atoms with Crippen molar-refractivity contribution in [3.63, 3.8) is 0 Å². The van der Waals surface area contributed by atoms with Gasteiger partial charge in [0.2, 0.25) is 0 Å². The molecule has 1 N–H and O–H groups in total. The average molecular weight is 454 g/mol. The van der Waals surface area contributed by atoms with E-state index in [0.29, 0.717) is 42.4 Å². The Kier molecular flexibility index (Phi) is 4.87. The molecule has 0 aliphatic carbocycles. The Bertz CT molecular complexity index is 1510. The molecule has 0 unspecified atom stereocenters. The zero-order valence-electron chi connectivity index (χ0n) is 18.6. The molecule has 4 aromatic heterocycles. The number of rotatable bonds is 5. The van der Waals surface area contributed by atoms with Crippen LogP contribution in [-0.4, -0.2) is 50.3 Å². The van der Waals surface area contributed by atoms with Crippen molar-refractivity contribution in [1.29, 1.82) is 0 Å². The standard InChI is InChI=1S/C25H22N6O3/c1-2-33-25(32)19-14-28-31-23(19)29-20(18-13-27-22-17(18)9-6-10-26-22)21-24(31)30(11-12-34-21)15-16-7-4-3-5-8-16/h3-10,13-14H,2,11-12,15H2,1H3,(H,26,27). The van der Waals surface area contributed by atoms with Gasteiger partial charge in [0.15, 0.2) is 17.2 Å². The first-order chi connectivity index (χ1) is 16.7. The third-order valence-electron chi connectivity index (χ3n) is 5.91. The van der Waals surface area contributed by atoms with Gasteiger partial charge in [-0.2, -0.15) is 9.61 Å². The fraction of sp³-hybridized carbons (Fsp3) is 0.200. The van der Waals surface area contributed by atoms with Crippen molar-refractivity contribution in [2.45, 2.75) is 13.5 Å². The van der Waals surface area contributed by atoms with Gasteiger partial charge in [-0.25, -0.2) is 14.8 Å². The number of carbonyl (C=O) groups is 1. The number of pyridine rings is 1. The molecule has 0 amide bonds. The van der Waals surface area contributed by atoms with Gasteiger partial charge < -0.3 is 19.4 Å². The topological polar surface area (TPSA) is 97.6 Å². The van der Waals surface area contributed by atoms with Crippen molar-refractivity contribution in [2.75, 3.05) is 24.7 Å². The molecule has 0 atom stereocenters. The summed E-state index contributed by atoms with van der Waals surface area (Å²) in [4.78, 5) is 27.4. The molecule has 0 saturated heterocycles. The van der Waals surface area contributed by atoms with Gasteiger partial charge in [-0.3, -0.25) is 0 Å². The van der Waals surface area contributed by atoms with E-state index in [1.54, 1.807) is 17.6 Å². The van der Waals surface area contributed by atoms with Crippen LogP contribution in [0.5, 0.6) is 5.75 Å². The van der Waals surface area contributed by atoms with Crippen LogP contribution in [0.25, 0.3) is 27.9 Å². The zero-order valence-corrected chi connectivity index (χ0v) is 18.6. The highest BCUT2D eigenvalue weighted by molar-refractivity contribution is 5.99. The van der Waals surface area contributed by atoms with Gasteiger partial charge in [0, 0.05) is 29.9 Å². The smallest absolute Gasteiger partial charge is 0.343 e. The molecule has 1 aliphatic rings. The Balaban J connectivity index is 1.60. The van der Waals surface area contributed by atoms with Crippen molar-refractivity contribution in [2.24, 2.45) is 0 Å². The van der Waals surface area contributed by atoms with Gasteiger partial charge in [0.1, 0.15) is 23.5 Å². The van der Waals surface area contributed by atoms with Crippen LogP contribution in [0.4, 0.5) is 5.82 Å². The first-order valence-corrected chi connectivity index (χ1v) is 11.2. The number of nitrogens with zero attached hydrogens (tertiary/aromatic N) is 5. The van der Waals surface area contributed by atoms with E-state index in [1.807, 2.05) is 36.5 Å². The molecule has 0 spiro atoms. The van der Waals surface area contributed by atoms with E-state index in [2.05, 4.69) is 32.1 Å². The number of aromatic amines is 1. The van der Waals surface area contributed by atoms with Gasteiger partial charge in [-0.05, 0) is 24.6 Å². The minimum atomic E-state index is -0.456. The van der Waals surface area contributed by atoms with E-state index in [0.717, 1.165) is 28.0 Å². The molecular formula is C25H22N6O3. The number of H-pyrrole nitrogens is 1. The summed E-state index contributed by atoms with van der Waals surface area (Å²) in [6.45, 7) is 3.89. The van der Waals surface area contributed by atoms with Gasteiger partial charge in [-0.1, -0.05) is 30.3 Å². The third-order valence-corrected chi connectivity index (χ3v) is 5.91. The predicted octanol–water partition coefficient (Wildman–Crippen LogP) is 3.85. The fourth-order valence-corrected chi connectivity index (χ4v) is 4.38. The third kappa shape index (κ3) is 3.24. The van der Waals surface area contributed by atoms with Crippen LogP contribution in [0, 0.1) is 0 Å². The van der Waals surface area contributed by atoms with Crippen molar-refractivity contribution in [1.82, 2.24) is 24.6 Å². The molecule has 1 aromatic carbocycles. The summed E-state index contributed by atoms with van der Waals surface area (Å²) >= 11 is 0. The number of hydrogen-bond donors (Lipinski definition) is 1. The predicted molar refractivity (Wildman–Crippen MR) is 127 cm³/mol. The molecule has 0 bridgehead atoms. The van der Waals surface area contributed by atoms with Crippen LogP contribution < -0.4 is 9.64 Å². The number of ether oxygens (including phenoxy) is 2. The maximum Gasteiger partial charge on any atom is 0.343 e. The lowest BCUT2D eigenvalue weighted by atomic mass is 10.1. The van der Waals surface area contributed by atoms with E-state index in [4.69, 9.17) is 14.5 Å². The Hall–Kier alpha value is -4.40. The monoisotopic (exact) mass is 454 g/mol. The summed E-state index contributed by atoms with van der Waals surface area (Å²) in [5, 5.41) is 5.44. The average Bonchev–Trinajstić information content (AvgIpc) is 3.49. The highest BCUT2D eigenvalue weighted by Gasteiger charge is 2.30. The van der Waals surface area contributed by atoms with Crippen molar-refractivity contribution in [3.05, 3.63) is 72.2 Å². The van der Waals surface area contributed by atoms with E-state index in [9.17, 15) is 4.79 Å². The lowest BCUT2D eigenvalue weighted by molar-refractivity contribution is 0.0528. The molecule has 6 rings (SSSR count).